The van der Waals surface area contributed by atoms with Crippen molar-refractivity contribution in [2.45, 2.75) is 40.5 Å². The molecule has 4 heteroatoms. The molecule has 1 N–H and O–H groups in total. The minimum atomic E-state index is 0. The highest BCUT2D eigenvalue weighted by atomic mass is 35.5. The van der Waals surface area contributed by atoms with Gasteiger partial charge in [0.1, 0.15) is 0 Å². The first kappa shape index (κ1) is 16.8. The lowest BCUT2D eigenvalue weighted by Crippen LogP contribution is -2.52. The van der Waals surface area contributed by atoms with E-state index < -0.39 is 0 Å². The van der Waals surface area contributed by atoms with Gasteiger partial charge < -0.3 is 10.2 Å². The molecule has 2 fully saturated rings. The highest BCUT2D eigenvalue weighted by molar-refractivity contribution is 5.85. The zero-order chi connectivity index (χ0) is 13.3. The SMILES string of the molecule is CC(C(=O)N1CCC(C(C)(C)C)CC1)C1CNC1.Cl. The Morgan fingerprint density at radius 1 is 1.21 bits per heavy atom. The van der Waals surface area contributed by atoms with E-state index in [-0.39, 0.29) is 18.3 Å². The minimum Gasteiger partial charge on any atom is -0.342 e. The second kappa shape index (κ2) is 6.45. The summed E-state index contributed by atoms with van der Waals surface area (Å²) in [4.78, 5) is 14.5. The Morgan fingerprint density at radius 3 is 2.11 bits per heavy atom. The van der Waals surface area contributed by atoms with Gasteiger partial charge in [0.05, 0.1) is 0 Å². The van der Waals surface area contributed by atoms with Gasteiger partial charge in [-0.1, -0.05) is 27.7 Å². The summed E-state index contributed by atoms with van der Waals surface area (Å²) in [7, 11) is 0. The third-order valence-corrected chi connectivity index (χ3v) is 4.94. The molecule has 19 heavy (non-hydrogen) atoms. The molecule has 2 rings (SSSR count). The van der Waals surface area contributed by atoms with Crippen LogP contribution in [0.1, 0.15) is 40.5 Å². The lowest BCUT2D eigenvalue weighted by atomic mass is 9.75. The second-order valence-electron chi connectivity index (χ2n) is 7.17. The Morgan fingerprint density at radius 2 is 1.74 bits per heavy atom. The lowest BCUT2D eigenvalue weighted by molar-refractivity contribution is -0.139. The second-order valence-corrected chi connectivity index (χ2v) is 7.17. The van der Waals surface area contributed by atoms with Gasteiger partial charge in [-0.25, -0.2) is 0 Å². The molecule has 2 aliphatic heterocycles. The molecule has 0 bridgehead atoms. The average Bonchev–Trinajstić information content (AvgIpc) is 2.24. The van der Waals surface area contributed by atoms with Gasteiger partial charge in [-0.3, -0.25) is 4.79 Å². The van der Waals surface area contributed by atoms with Crippen molar-refractivity contribution in [1.82, 2.24) is 10.2 Å². The normalized spacial score (nSPS) is 23.5. The van der Waals surface area contributed by atoms with Crippen molar-refractivity contribution in [3.8, 4) is 0 Å². The molecule has 0 spiro atoms. The van der Waals surface area contributed by atoms with Gasteiger partial charge in [-0.05, 0) is 43.2 Å². The third kappa shape index (κ3) is 3.85. The number of hydrogen-bond donors (Lipinski definition) is 1. The van der Waals surface area contributed by atoms with Crippen molar-refractivity contribution >= 4 is 18.3 Å². The quantitative estimate of drug-likeness (QED) is 0.847. The lowest BCUT2D eigenvalue weighted by Gasteiger charge is -2.41. The van der Waals surface area contributed by atoms with E-state index in [1.165, 1.54) is 12.8 Å². The number of rotatable bonds is 2. The molecule has 0 radical (unpaired) electrons. The smallest absolute Gasteiger partial charge is 0.225 e. The van der Waals surface area contributed by atoms with Crippen LogP contribution in [0.5, 0.6) is 0 Å². The van der Waals surface area contributed by atoms with Crippen molar-refractivity contribution in [2.75, 3.05) is 26.2 Å². The van der Waals surface area contributed by atoms with Crippen molar-refractivity contribution in [3.05, 3.63) is 0 Å². The van der Waals surface area contributed by atoms with Crippen LogP contribution in [-0.2, 0) is 4.79 Å². The molecular formula is C15H29ClN2O. The fourth-order valence-corrected chi connectivity index (χ4v) is 3.12. The van der Waals surface area contributed by atoms with Gasteiger partial charge in [0.25, 0.3) is 0 Å². The average molecular weight is 289 g/mol. The number of nitrogens with zero attached hydrogens (tertiary/aromatic N) is 1. The molecule has 1 unspecified atom stereocenters. The molecule has 1 amide bonds. The minimum absolute atomic E-state index is 0. The van der Waals surface area contributed by atoms with E-state index in [0.29, 0.717) is 17.2 Å². The number of amides is 1. The van der Waals surface area contributed by atoms with Crippen LogP contribution in [0.15, 0.2) is 0 Å². The van der Waals surface area contributed by atoms with Crippen LogP contribution in [0.3, 0.4) is 0 Å². The van der Waals surface area contributed by atoms with Crippen LogP contribution in [0, 0.1) is 23.2 Å². The van der Waals surface area contributed by atoms with E-state index in [0.717, 1.165) is 32.1 Å². The van der Waals surface area contributed by atoms with Gasteiger partial charge in [0.2, 0.25) is 5.91 Å². The van der Waals surface area contributed by atoms with Crippen LogP contribution < -0.4 is 5.32 Å². The summed E-state index contributed by atoms with van der Waals surface area (Å²) in [5.74, 6) is 1.92. The van der Waals surface area contributed by atoms with Gasteiger partial charge in [-0.2, -0.15) is 0 Å². The zero-order valence-corrected chi connectivity index (χ0v) is 13.6. The highest BCUT2D eigenvalue weighted by Crippen LogP contribution is 2.34. The van der Waals surface area contributed by atoms with Crippen molar-refractivity contribution in [3.63, 3.8) is 0 Å². The van der Waals surface area contributed by atoms with Crippen molar-refractivity contribution in [2.24, 2.45) is 23.2 Å². The summed E-state index contributed by atoms with van der Waals surface area (Å²) >= 11 is 0. The van der Waals surface area contributed by atoms with E-state index in [1.807, 2.05) is 0 Å². The Hall–Kier alpha value is -0.280. The number of carbonyl (C=O) groups is 1. The number of likely N-dealkylation sites (tertiary alicyclic amines) is 1. The molecule has 0 aromatic carbocycles. The van der Waals surface area contributed by atoms with Crippen LogP contribution in [0.4, 0.5) is 0 Å². The summed E-state index contributed by atoms with van der Waals surface area (Å²) in [6, 6.07) is 0. The van der Waals surface area contributed by atoms with Gasteiger partial charge >= 0.3 is 0 Å². The summed E-state index contributed by atoms with van der Waals surface area (Å²) in [5.41, 5.74) is 0.388. The van der Waals surface area contributed by atoms with Gasteiger partial charge in [0, 0.05) is 19.0 Å². The predicted octanol–water partition coefficient (Wildman–Crippen LogP) is 2.55. The molecule has 0 saturated carbocycles. The monoisotopic (exact) mass is 288 g/mol. The molecule has 112 valence electrons. The first-order valence-electron chi connectivity index (χ1n) is 7.39. The summed E-state index contributed by atoms with van der Waals surface area (Å²) in [5, 5.41) is 3.26. The molecule has 0 aromatic rings. The molecule has 3 nitrogen and oxygen atoms in total. The van der Waals surface area contributed by atoms with Crippen molar-refractivity contribution in [1.29, 1.82) is 0 Å². The molecule has 2 saturated heterocycles. The molecular weight excluding hydrogens is 260 g/mol. The highest BCUT2D eigenvalue weighted by Gasteiger charge is 2.35. The molecule has 0 aliphatic carbocycles. The molecule has 1 atom stereocenters. The zero-order valence-electron chi connectivity index (χ0n) is 12.7. The maximum Gasteiger partial charge on any atom is 0.225 e. The number of carbonyl (C=O) groups excluding carboxylic acids is 1. The number of hydrogen-bond acceptors (Lipinski definition) is 2. The number of nitrogens with one attached hydrogen (secondary N) is 1. The topological polar surface area (TPSA) is 32.3 Å². The van der Waals surface area contributed by atoms with Crippen molar-refractivity contribution < 1.29 is 4.79 Å². The van der Waals surface area contributed by atoms with E-state index >= 15 is 0 Å². The number of piperidine rings is 1. The third-order valence-electron chi connectivity index (χ3n) is 4.94. The molecule has 2 heterocycles. The van der Waals surface area contributed by atoms with E-state index in [9.17, 15) is 4.79 Å². The van der Waals surface area contributed by atoms with Crippen LogP contribution in [-0.4, -0.2) is 37.0 Å². The van der Waals surface area contributed by atoms with Gasteiger partial charge in [-0.15, -0.1) is 12.4 Å². The maximum atomic E-state index is 12.4. The van der Waals surface area contributed by atoms with Crippen LogP contribution >= 0.6 is 12.4 Å². The number of halogens is 1. The van der Waals surface area contributed by atoms with Crippen LogP contribution in [0.2, 0.25) is 0 Å². The van der Waals surface area contributed by atoms with E-state index in [1.54, 1.807) is 0 Å². The summed E-state index contributed by atoms with van der Waals surface area (Å²) in [6.45, 7) is 13.0. The standard InChI is InChI=1S/C15H28N2O.ClH/c1-11(12-9-16-10-12)14(18)17-7-5-13(6-8-17)15(2,3)4;/h11-13,16H,5-10H2,1-4H3;1H. The van der Waals surface area contributed by atoms with E-state index in [4.69, 9.17) is 0 Å². The summed E-state index contributed by atoms with van der Waals surface area (Å²) in [6.07, 6.45) is 2.34. The first-order chi connectivity index (χ1) is 8.39. The first-order valence-corrected chi connectivity index (χ1v) is 7.39. The fourth-order valence-electron chi connectivity index (χ4n) is 3.12. The maximum absolute atomic E-state index is 12.4. The Kier molecular flexibility index (Phi) is 5.69. The predicted molar refractivity (Wildman–Crippen MR) is 81.5 cm³/mol. The van der Waals surface area contributed by atoms with Gasteiger partial charge in [0.15, 0.2) is 0 Å². The molecule has 2 aliphatic rings. The Balaban J connectivity index is 0.00000180. The Bertz CT molecular complexity index is 302. The summed E-state index contributed by atoms with van der Waals surface area (Å²) < 4.78 is 0. The fraction of sp³-hybridized carbons (Fsp3) is 0.933. The van der Waals surface area contributed by atoms with Crippen LogP contribution in [0.25, 0.3) is 0 Å². The largest absolute Gasteiger partial charge is 0.342 e. The molecule has 0 aromatic heterocycles. The van der Waals surface area contributed by atoms with E-state index in [2.05, 4.69) is 37.9 Å². The Labute approximate surface area is 123 Å².